The first kappa shape index (κ1) is 60.1. The molecule has 0 atom stereocenters. The molecule has 0 saturated heterocycles. The summed E-state index contributed by atoms with van der Waals surface area (Å²) in [4.78, 5) is 11.3. The number of pyridine rings is 1. The summed E-state index contributed by atoms with van der Waals surface area (Å²) >= 11 is 0. The number of rotatable bonds is 13. The SMILES string of the molecule is c1ccc(-c2ccc(N3c4ccc(C5CCCCC5)cc4B4c5cc(C6CCCCC6)ccc5N(c5ccc(-c6ccccc6)cc5)c5cc(-c6cc(-c7cc(-c8ccccc8)cc(-c8ccccc8)c7)cc(-c7cc(-c8ccccc8)cc(-c8ccccc8)c7)n6)cc3c54)cc2)cc1. The number of hydrogen-bond acceptors (Lipinski definition) is 3. The molecule has 0 unspecified atom stereocenters. The molecule has 14 aromatic rings. The Morgan fingerprint density at radius 3 is 0.859 bits per heavy atom. The Hall–Kier alpha value is -11.3. The van der Waals surface area contributed by atoms with Gasteiger partial charge < -0.3 is 9.80 Å². The molecule has 0 amide bonds. The molecule has 474 valence electrons. The van der Waals surface area contributed by atoms with E-state index < -0.39 is 0 Å². The third kappa shape index (κ3) is 11.7. The predicted octanol–water partition coefficient (Wildman–Crippen LogP) is 24.3. The normalized spacial score (nSPS) is 14.3. The zero-order valence-electron chi connectivity index (χ0n) is 55.8. The molecule has 4 heteroatoms. The first-order chi connectivity index (χ1) is 49.0. The molecule has 18 rings (SSSR count). The summed E-state index contributed by atoms with van der Waals surface area (Å²) in [5.41, 5.74) is 34.2. The van der Waals surface area contributed by atoms with Gasteiger partial charge in [0.1, 0.15) is 0 Å². The monoisotopic (exact) mass is 1270 g/mol. The van der Waals surface area contributed by atoms with Gasteiger partial charge in [-0.2, -0.15) is 0 Å². The largest absolute Gasteiger partial charge is 0.311 e. The van der Waals surface area contributed by atoms with Crippen molar-refractivity contribution in [2.75, 3.05) is 9.80 Å². The van der Waals surface area contributed by atoms with E-state index in [-0.39, 0.29) is 6.71 Å². The van der Waals surface area contributed by atoms with E-state index >= 15 is 0 Å². The van der Waals surface area contributed by atoms with Crippen molar-refractivity contribution in [2.45, 2.75) is 76.0 Å². The molecule has 3 nitrogen and oxygen atoms in total. The van der Waals surface area contributed by atoms with Gasteiger partial charge in [-0.3, -0.25) is 0 Å². The number of aromatic nitrogens is 1. The van der Waals surface area contributed by atoms with Gasteiger partial charge >= 0.3 is 0 Å². The highest BCUT2D eigenvalue weighted by atomic mass is 15.2. The predicted molar refractivity (Wildman–Crippen MR) is 419 cm³/mol. The van der Waals surface area contributed by atoms with Crippen molar-refractivity contribution in [3.8, 4) is 100 Å². The van der Waals surface area contributed by atoms with Gasteiger partial charge in [-0.15, -0.1) is 0 Å². The van der Waals surface area contributed by atoms with Gasteiger partial charge in [-0.05, 0) is 240 Å². The maximum absolute atomic E-state index is 6.06. The second-order valence-corrected chi connectivity index (χ2v) is 27.9. The Balaban J connectivity index is 0.927. The maximum atomic E-state index is 6.06. The van der Waals surface area contributed by atoms with Crippen molar-refractivity contribution < 1.29 is 0 Å². The molecular weight excluding hydrogens is 1190 g/mol. The number of hydrogen-bond donors (Lipinski definition) is 0. The molecule has 1 aromatic heterocycles. The molecule has 2 saturated carbocycles. The van der Waals surface area contributed by atoms with Crippen LogP contribution in [0.15, 0.2) is 328 Å². The lowest BCUT2D eigenvalue weighted by atomic mass is 9.33. The number of nitrogens with zero attached hydrogens (tertiary/aromatic N) is 3. The van der Waals surface area contributed by atoms with Crippen molar-refractivity contribution in [3.63, 3.8) is 0 Å². The minimum atomic E-state index is -0.0510. The Morgan fingerprint density at radius 2 is 0.515 bits per heavy atom. The number of fused-ring (bicyclic) bond motifs is 4. The van der Waals surface area contributed by atoms with E-state index in [1.807, 2.05) is 0 Å². The van der Waals surface area contributed by atoms with Gasteiger partial charge in [0.2, 0.25) is 0 Å². The fraction of sp³-hybridized carbons (Fsp3) is 0.126. The molecule has 4 aliphatic rings. The summed E-state index contributed by atoms with van der Waals surface area (Å²) < 4.78 is 0. The zero-order valence-corrected chi connectivity index (χ0v) is 55.8. The van der Waals surface area contributed by atoms with Crippen LogP contribution >= 0.6 is 0 Å². The second kappa shape index (κ2) is 26.3. The lowest BCUT2D eigenvalue weighted by molar-refractivity contribution is 0.444. The molecule has 3 heterocycles. The smallest absolute Gasteiger partial charge is 0.252 e. The number of benzene rings is 13. The highest BCUT2D eigenvalue weighted by molar-refractivity contribution is 7.00. The molecular formula is C95H76BN3. The minimum Gasteiger partial charge on any atom is -0.311 e. The van der Waals surface area contributed by atoms with Crippen LogP contribution in [0.5, 0.6) is 0 Å². The zero-order chi connectivity index (χ0) is 65.6. The fourth-order valence-corrected chi connectivity index (χ4v) is 16.7. The van der Waals surface area contributed by atoms with Crippen molar-refractivity contribution in [1.82, 2.24) is 4.98 Å². The lowest BCUT2D eigenvalue weighted by Crippen LogP contribution is -2.61. The summed E-state index contributed by atoms with van der Waals surface area (Å²) in [7, 11) is 0. The molecule has 2 aliphatic carbocycles. The number of anilines is 6. The van der Waals surface area contributed by atoms with Gasteiger partial charge in [-0.1, -0.05) is 269 Å². The van der Waals surface area contributed by atoms with Crippen LogP contribution in [0.3, 0.4) is 0 Å². The summed E-state index contributed by atoms with van der Waals surface area (Å²) in [5, 5.41) is 0. The van der Waals surface area contributed by atoms with Crippen LogP contribution in [0.25, 0.3) is 100 Å². The van der Waals surface area contributed by atoms with Gasteiger partial charge in [0.25, 0.3) is 6.71 Å². The Bertz CT molecular complexity index is 4800. The van der Waals surface area contributed by atoms with Crippen molar-refractivity contribution in [1.29, 1.82) is 0 Å². The molecule has 2 aliphatic heterocycles. The maximum Gasteiger partial charge on any atom is 0.252 e. The van der Waals surface area contributed by atoms with E-state index in [2.05, 4.69) is 337 Å². The van der Waals surface area contributed by atoms with Gasteiger partial charge in [0.05, 0.1) is 11.4 Å². The van der Waals surface area contributed by atoms with Crippen LogP contribution < -0.4 is 26.2 Å². The second-order valence-electron chi connectivity index (χ2n) is 27.9. The van der Waals surface area contributed by atoms with Crippen LogP contribution in [0, 0.1) is 0 Å². The molecule has 2 fully saturated rings. The molecule has 0 bridgehead atoms. The van der Waals surface area contributed by atoms with E-state index in [9.17, 15) is 0 Å². The van der Waals surface area contributed by atoms with E-state index in [1.165, 1.54) is 148 Å². The van der Waals surface area contributed by atoms with Crippen LogP contribution in [-0.4, -0.2) is 11.7 Å². The standard InChI is InChI=1S/C95H76BN3/c1-9-25-65(26-10-1)73-41-47-85(48-42-73)98-91-51-45-75(67-29-13-3-14-30-67)59-87(91)96-88-60-76(68-31-15-4-16-32-68)46-52-92(88)99(86-49-43-74(44-50-86)66-27-11-2-12-28-66)94-64-84(63-93(98)95(94)96)90-62-82(81-55-77(69-33-17-5-18-34-69)53-78(56-81)70-35-19-6-20-36-70)61-89(97-90)83-57-79(71-37-21-7-22-38-71)54-80(58-83)72-39-23-8-24-40-72/h1-2,5-12,17-28,33-64,67-68H,3-4,13-16,29-32H2. The van der Waals surface area contributed by atoms with Crippen LogP contribution in [-0.2, 0) is 0 Å². The lowest BCUT2D eigenvalue weighted by Gasteiger charge is -2.45. The van der Waals surface area contributed by atoms with Gasteiger partial charge in [-0.25, -0.2) is 4.98 Å². The van der Waals surface area contributed by atoms with E-state index in [0.29, 0.717) is 11.8 Å². The summed E-state index contributed by atoms with van der Waals surface area (Å²) in [5.74, 6) is 1.06. The summed E-state index contributed by atoms with van der Waals surface area (Å²) in [6.45, 7) is -0.0510. The van der Waals surface area contributed by atoms with E-state index in [0.717, 1.165) is 78.4 Å². The summed E-state index contributed by atoms with van der Waals surface area (Å²) in [6.07, 6.45) is 12.7. The Kier molecular flexibility index (Phi) is 15.9. The van der Waals surface area contributed by atoms with E-state index in [1.54, 1.807) is 0 Å². The van der Waals surface area contributed by atoms with Crippen molar-refractivity contribution >= 4 is 57.2 Å². The highest BCUT2D eigenvalue weighted by Crippen LogP contribution is 2.49. The third-order valence-electron chi connectivity index (χ3n) is 21.8. The average Bonchev–Trinajstić information content (AvgIpc) is 0.695. The van der Waals surface area contributed by atoms with E-state index in [4.69, 9.17) is 4.98 Å². The third-order valence-corrected chi connectivity index (χ3v) is 21.8. The average molecular weight is 1270 g/mol. The van der Waals surface area contributed by atoms with Crippen molar-refractivity contribution in [3.05, 3.63) is 339 Å². The molecule has 0 N–H and O–H groups in total. The molecule has 0 spiro atoms. The Labute approximate surface area is 583 Å². The molecule has 13 aromatic carbocycles. The topological polar surface area (TPSA) is 19.4 Å². The molecule has 0 radical (unpaired) electrons. The van der Waals surface area contributed by atoms with Crippen molar-refractivity contribution in [2.24, 2.45) is 0 Å². The Morgan fingerprint density at radius 1 is 0.232 bits per heavy atom. The van der Waals surface area contributed by atoms with Crippen LogP contribution in [0.2, 0.25) is 0 Å². The van der Waals surface area contributed by atoms with Gasteiger partial charge in [0.15, 0.2) is 0 Å². The van der Waals surface area contributed by atoms with Gasteiger partial charge in [0, 0.05) is 45.3 Å². The van der Waals surface area contributed by atoms with Crippen LogP contribution in [0.4, 0.5) is 34.1 Å². The first-order valence-electron chi connectivity index (χ1n) is 36.0. The summed E-state index contributed by atoms with van der Waals surface area (Å²) in [6, 6.07) is 123. The molecule has 99 heavy (non-hydrogen) atoms. The van der Waals surface area contributed by atoms with Crippen LogP contribution in [0.1, 0.15) is 87.2 Å². The minimum absolute atomic E-state index is 0.0510. The highest BCUT2D eigenvalue weighted by Gasteiger charge is 2.45. The first-order valence-corrected chi connectivity index (χ1v) is 36.0. The fourth-order valence-electron chi connectivity index (χ4n) is 16.7. The quantitative estimate of drug-likeness (QED) is 0.107.